The highest BCUT2D eigenvalue weighted by atomic mass is 32.2. The fourth-order valence-corrected chi connectivity index (χ4v) is 4.56. The van der Waals surface area contributed by atoms with Crippen molar-refractivity contribution >= 4 is 32.6 Å². The number of anilines is 1. The molecule has 3 aromatic carbocycles. The van der Waals surface area contributed by atoms with Crippen molar-refractivity contribution in [3.8, 4) is 11.3 Å². The van der Waals surface area contributed by atoms with Crippen LogP contribution in [0.4, 0.5) is 5.69 Å². The van der Waals surface area contributed by atoms with E-state index in [4.69, 9.17) is 4.42 Å². The van der Waals surface area contributed by atoms with Crippen molar-refractivity contribution in [2.75, 3.05) is 19.4 Å². The molecule has 4 aromatic rings. The van der Waals surface area contributed by atoms with Gasteiger partial charge in [0, 0.05) is 37.0 Å². The molecule has 0 bridgehead atoms. The second kappa shape index (κ2) is 8.89. The van der Waals surface area contributed by atoms with Gasteiger partial charge in [0.15, 0.2) is 5.43 Å². The summed E-state index contributed by atoms with van der Waals surface area (Å²) in [6.07, 6.45) is 0. The summed E-state index contributed by atoms with van der Waals surface area (Å²) in [7, 11) is -0.621. The van der Waals surface area contributed by atoms with Gasteiger partial charge in [0.25, 0.3) is 5.91 Å². The monoisotopic (exact) mass is 476 g/mol. The molecule has 1 amide bonds. The molecule has 0 unspecified atom stereocenters. The Morgan fingerprint density at radius 1 is 0.912 bits per heavy atom. The number of sulfonamides is 1. The van der Waals surface area contributed by atoms with E-state index < -0.39 is 10.0 Å². The van der Waals surface area contributed by atoms with Gasteiger partial charge < -0.3 is 9.73 Å². The van der Waals surface area contributed by atoms with Crippen molar-refractivity contribution in [2.45, 2.75) is 18.7 Å². The molecule has 1 N–H and O–H groups in total. The first-order chi connectivity index (χ1) is 16.1. The van der Waals surface area contributed by atoms with Crippen molar-refractivity contribution in [3.63, 3.8) is 0 Å². The molecular weight excluding hydrogens is 452 g/mol. The molecule has 1 heterocycles. The third-order valence-corrected chi connectivity index (χ3v) is 7.31. The van der Waals surface area contributed by atoms with Gasteiger partial charge in [0.1, 0.15) is 11.3 Å². The number of amides is 1. The van der Waals surface area contributed by atoms with Crippen molar-refractivity contribution < 1.29 is 17.6 Å². The number of nitrogens with one attached hydrogen (secondary N) is 1. The quantitative estimate of drug-likeness (QED) is 0.455. The zero-order valence-electron chi connectivity index (χ0n) is 19.2. The number of carbonyl (C=O) groups excluding carboxylic acids is 1. The maximum absolute atomic E-state index is 12.6. The van der Waals surface area contributed by atoms with Crippen LogP contribution in [0.15, 0.2) is 80.8 Å². The maximum Gasteiger partial charge on any atom is 0.255 e. The Morgan fingerprint density at radius 2 is 1.56 bits per heavy atom. The minimum absolute atomic E-state index is 0.121. The Morgan fingerprint density at radius 3 is 2.18 bits per heavy atom. The highest BCUT2D eigenvalue weighted by molar-refractivity contribution is 7.89. The largest absolute Gasteiger partial charge is 0.456 e. The average Bonchev–Trinajstić information content (AvgIpc) is 2.80. The number of aryl methyl sites for hydroxylation is 2. The molecule has 8 heteroatoms. The lowest BCUT2D eigenvalue weighted by atomic mass is 10.1. The Balaban J connectivity index is 1.55. The molecule has 0 fully saturated rings. The molecule has 0 atom stereocenters. The molecule has 0 radical (unpaired) electrons. The van der Waals surface area contributed by atoms with E-state index in [0.717, 1.165) is 15.4 Å². The Labute approximate surface area is 197 Å². The van der Waals surface area contributed by atoms with Crippen LogP contribution >= 0.6 is 0 Å². The van der Waals surface area contributed by atoms with Crippen LogP contribution in [0, 0.1) is 13.8 Å². The highest BCUT2D eigenvalue weighted by Gasteiger charge is 2.17. The normalized spacial score (nSPS) is 11.7. The fourth-order valence-electron chi connectivity index (χ4n) is 3.66. The molecular formula is C26H24N2O5S. The first kappa shape index (κ1) is 23.4. The van der Waals surface area contributed by atoms with Gasteiger partial charge in [0.2, 0.25) is 10.0 Å². The number of fused-ring (bicyclic) bond motifs is 1. The van der Waals surface area contributed by atoms with Crippen molar-refractivity contribution in [2.24, 2.45) is 0 Å². The molecule has 0 saturated carbocycles. The zero-order chi connectivity index (χ0) is 24.6. The van der Waals surface area contributed by atoms with Crippen LogP contribution in [0.3, 0.4) is 0 Å². The summed E-state index contributed by atoms with van der Waals surface area (Å²) in [5.74, 6) is 0.0788. The van der Waals surface area contributed by atoms with Crippen LogP contribution in [-0.2, 0) is 10.0 Å². The summed E-state index contributed by atoms with van der Waals surface area (Å²) < 4.78 is 31.5. The smallest absolute Gasteiger partial charge is 0.255 e. The van der Waals surface area contributed by atoms with Gasteiger partial charge in [-0.2, -0.15) is 0 Å². The predicted molar refractivity (Wildman–Crippen MR) is 133 cm³/mol. The summed E-state index contributed by atoms with van der Waals surface area (Å²) in [5.41, 5.74) is 3.86. The number of carbonyl (C=O) groups is 1. The van der Waals surface area contributed by atoms with Crippen LogP contribution in [0.25, 0.3) is 22.3 Å². The number of nitrogens with zero attached hydrogens (tertiary/aromatic N) is 1. The van der Waals surface area contributed by atoms with Crippen molar-refractivity contribution in [1.82, 2.24) is 4.31 Å². The Kier molecular flexibility index (Phi) is 6.12. The van der Waals surface area contributed by atoms with Gasteiger partial charge >= 0.3 is 0 Å². The third-order valence-electron chi connectivity index (χ3n) is 5.48. The van der Waals surface area contributed by atoms with Crippen LogP contribution < -0.4 is 10.7 Å². The van der Waals surface area contributed by atoms with E-state index in [2.05, 4.69) is 5.32 Å². The molecule has 174 valence electrons. The first-order valence-electron chi connectivity index (χ1n) is 10.6. The van der Waals surface area contributed by atoms with E-state index in [1.165, 1.54) is 44.4 Å². The lowest BCUT2D eigenvalue weighted by Crippen LogP contribution is -2.22. The Bertz CT molecular complexity index is 1550. The van der Waals surface area contributed by atoms with E-state index in [0.29, 0.717) is 33.5 Å². The molecule has 0 saturated heterocycles. The maximum atomic E-state index is 12.6. The second-order valence-corrected chi connectivity index (χ2v) is 10.4. The summed E-state index contributed by atoms with van der Waals surface area (Å²) in [5, 5.41) is 3.29. The molecule has 34 heavy (non-hydrogen) atoms. The number of benzene rings is 3. The summed E-state index contributed by atoms with van der Waals surface area (Å²) in [6.45, 7) is 3.83. The van der Waals surface area contributed by atoms with E-state index in [-0.39, 0.29) is 16.2 Å². The van der Waals surface area contributed by atoms with Crippen LogP contribution in [-0.4, -0.2) is 32.7 Å². The lowest BCUT2D eigenvalue weighted by Gasteiger charge is -2.12. The van der Waals surface area contributed by atoms with Crippen molar-refractivity contribution in [1.29, 1.82) is 0 Å². The van der Waals surface area contributed by atoms with Gasteiger partial charge in [-0.15, -0.1) is 0 Å². The van der Waals surface area contributed by atoms with E-state index in [1.807, 2.05) is 26.0 Å². The van der Waals surface area contributed by atoms with Gasteiger partial charge in [-0.1, -0.05) is 18.2 Å². The SMILES string of the molecule is Cc1cc(C)c2oc(-c3ccc(C(=O)Nc4ccc(S(=O)(=O)N(C)C)cc4)cc3)cc(=O)c2c1. The van der Waals surface area contributed by atoms with Crippen molar-refractivity contribution in [3.05, 3.63) is 93.6 Å². The van der Waals surface area contributed by atoms with Gasteiger partial charge in [0.05, 0.1) is 10.3 Å². The standard InChI is InChI=1S/C26H24N2O5S/c1-16-13-17(2)25-22(14-16)23(29)15-24(33-25)18-5-7-19(8-6-18)26(30)27-20-9-11-21(12-10-20)34(31,32)28(3)4/h5-15H,1-4H3,(H,27,30). The average molecular weight is 477 g/mol. The van der Waals surface area contributed by atoms with Gasteiger partial charge in [-0.25, -0.2) is 12.7 Å². The minimum Gasteiger partial charge on any atom is -0.456 e. The lowest BCUT2D eigenvalue weighted by molar-refractivity contribution is 0.102. The number of hydrogen-bond acceptors (Lipinski definition) is 5. The highest BCUT2D eigenvalue weighted by Crippen LogP contribution is 2.26. The first-order valence-corrected chi connectivity index (χ1v) is 12.0. The summed E-state index contributed by atoms with van der Waals surface area (Å²) in [6, 6.07) is 17.9. The van der Waals surface area contributed by atoms with Gasteiger partial charge in [-0.05, 0) is 67.4 Å². The molecule has 0 aliphatic rings. The zero-order valence-corrected chi connectivity index (χ0v) is 20.1. The molecule has 4 rings (SSSR count). The van der Waals surface area contributed by atoms with Crippen LogP contribution in [0.5, 0.6) is 0 Å². The topological polar surface area (TPSA) is 96.7 Å². The van der Waals surface area contributed by atoms with Crippen LogP contribution in [0.2, 0.25) is 0 Å². The van der Waals surface area contributed by atoms with E-state index >= 15 is 0 Å². The molecule has 0 aliphatic carbocycles. The fraction of sp³-hybridized carbons (Fsp3) is 0.154. The van der Waals surface area contributed by atoms with Crippen LogP contribution in [0.1, 0.15) is 21.5 Å². The van der Waals surface area contributed by atoms with E-state index in [9.17, 15) is 18.0 Å². The Hall–Kier alpha value is -3.75. The minimum atomic E-state index is -3.54. The molecule has 0 aliphatic heterocycles. The number of rotatable bonds is 5. The number of hydrogen-bond donors (Lipinski definition) is 1. The molecule has 7 nitrogen and oxygen atoms in total. The summed E-state index contributed by atoms with van der Waals surface area (Å²) >= 11 is 0. The summed E-state index contributed by atoms with van der Waals surface area (Å²) in [4.78, 5) is 25.4. The van der Waals surface area contributed by atoms with Gasteiger partial charge in [-0.3, -0.25) is 9.59 Å². The predicted octanol–water partition coefficient (Wildman–Crippen LogP) is 4.58. The third kappa shape index (κ3) is 4.50. The molecule has 1 aromatic heterocycles. The second-order valence-electron chi connectivity index (χ2n) is 8.28. The molecule has 0 spiro atoms. The van der Waals surface area contributed by atoms with E-state index in [1.54, 1.807) is 24.3 Å².